The van der Waals surface area contributed by atoms with Crippen molar-refractivity contribution >= 4 is 30.3 Å². The first-order valence-electron chi connectivity index (χ1n) is 13.0. The monoisotopic (exact) mass is 485 g/mol. The number of hydrogen-bond acceptors (Lipinski definition) is 6. The van der Waals surface area contributed by atoms with Crippen LogP contribution in [0.3, 0.4) is 0 Å². The normalized spacial score (nSPS) is 36.9. The molecule has 8 heteroatoms. The third-order valence-electron chi connectivity index (χ3n) is 9.37. The van der Waals surface area contributed by atoms with E-state index in [4.69, 9.17) is 17.6 Å². The number of carbonyl (C=O) groups is 2. The number of nitrogens with one attached hydrogen (secondary N) is 1. The number of anilines is 1. The van der Waals surface area contributed by atoms with Crippen LogP contribution in [-0.2, 0) is 4.79 Å². The second kappa shape index (κ2) is 8.40. The first-order valence-corrected chi connectivity index (χ1v) is 13.5. The number of amides is 1. The molecule has 0 spiro atoms. The summed E-state index contributed by atoms with van der Waals surface area (Å²) in [6.45, 7) is 1.07. The quantitative estimate of drug-likeness (QED) is 0.475. The van der Waals surface area contributed by atoms with Gasteiger partial charge in [0.2, 0.25) is 0 Å². The highest BCUT2D eigenvalue weighted by Crippen LogP contribution is 2.55. The van der Waals surface area contributed by atoms with Crippen LogP contribution in [-0.4, -0.2) is 51.8 Å². The molecule has 1 aromatic rings. The number of carbonyl (C=O) groups excluding carboxylic acids is 1. The first kappa shape index (κ1) is 22.7. The Labute approximate surface area is 206 Å². The average Bonchev–Trinajstić information content (AvgIpc) is 3.47. The van der Waals surface area contributed by atoms with Gasteiger partial charge in [-0.2, -0.15) is 0 Å². The molecule has 1 amide bonds. The Morgan fingerprint density at radius 3 is 2.44 bits per heavy atom. The largest absolute Gasteiger partial charge is 0.481 e. The minimum atomic E-state index is -0.768. The van der Waals surface area contributed by atoms with Gasteiger partial charge >= 0.3 is 5.97 Å². The van der Waals surface area contributed by atoms with Gasteiger partial charge < -0.3 is 20.4 Å². The van der Waals surface area contributed by atoms with Gasteiger partial charge in [-0.25, -0.2) is 4.98 Å². The van der Waals surface area contributed by atoms with Gasteiger partial charge in [-0.05, 0) is 75.2 Å². The van der Waals surface area contributed by atoms with E-state index >= 15 is 0 Å². The molecule has 0 radical (unpaired) electrons. The Morgan fingerprint density at radius 2 is 1.82 bits per heavy atom. The molecule has 34 heavy (non-hydrogen) atoms. The lowest BCUT2D eigenvalue weighted by Crippen LogP contribution is -2.61. The predicted molar refractivity (Wildman–Crippen MR) is 130 cm³/mol. The molecular formula is C26H35N3O4S. The fraction of sp³-hybridized carbons (Fsp3) is 0.731. The van der Waals surface area contributed by atoms with Crippen LogP contribution in [0, 0.1) is 23.7 Å². The molecule has 3 atom stereocenters. The van der Waals surface area contributed by atoms with E-state index in [9.17, 15) is 19.8 Å². The van der Waals surface area contributed by atoms with Gasteiger partial charge in [0, 0.05) is 29.9 Å². The Balaban J connectivity index is 1.28. The van der Waals surface area contributed by atoms with E-state index in [0.29, 0.717) is 53.5 Å². The molecular weight excluding hydrogens is 450 g/mol. The molecule has 3 N–H and O–H groups in total. The van der Waals surface area contributed by atoms with Crippen molar-refractivity contribution in [1.82, 2.24) is 10.3 Å². The maximum Gasteiger partial charge on any atom is 0.308 e. The maximum atomic E-state index is 13.7. The molecule has 6 fully saturated rings. The van der Waals surface area contributed by atoms with Gasteiger partial charge in [0.05, 0.1) is 22.8 Å². The molecule has 6 aliphatic rings. The molecule has 184 valence electrons. The summed E-state index contributed by atoms with van der Waals surface area (Å²) in [7, 11) is 0. The topological polar surface area (TPSA) is 103 Å². The Morgan fingerprint density at radius 1 is 1.12 bits per heavy atom. The van der Waals surface area contributed by atoms with Crippen molar-refractivity contribution in [2.75, 3.05) is 18.0 Å². The lowest BCUT2D eigenvalue weighted by Gasteiger charge is -2.58. The summed E-state index contributed by atoms with van der Waals surface area (Å²) in [4.78, 5) is 32.8. The van der Waals surface area contributed by atoms with Crippen molar-refractivity contribution in [2.24, 2.45) is 23.7 Å². The molecule has 2 unspecified atom stereocenters. The number of aliphatic hydroxyl groups is 1. The Kier molecular flexibility index (Phi) is 5.60. The van der Waals surface area contributed by atoms with Crippen LogP contribution in [0.1, 0.15) is 86.2 Å². The number of pyridine rings is 1. The third-order valence-corrected chi connectivity index (χ3v) is 9.70. The van der Waals surface area contributed by atoms with Crippen molar-refractivity contribution in [3.63, 3.8) is 0 Å². The summed E-state index contributed by atoms with van der Waals surface area (Å²) in [5.41, 5.74) is 0.962. The summed E-state index contributed by atoms with van der Waals surface area (Å²) in [6.07, 6.45) is 9.68. The Hall–Kier alpha value is -1.80. The number of thiol groups is 1. The van der Waals surface area contributed by atoms with Crippen molar-refractivity contribution in [2.45, 2.75) is 86.7 Å². The van der Waals surface area contributed by atoms with E-state index in [-0.39, 0.29) is 23.8 Å². The predicted octanol–water partition coefficient (Wildman–Crippen LogP) is 3.61. The lowest BCUT2D eigenvalue weighted by atomic mass is 9.52. The maximum absolute atomic E-state index is 13.7. The fourth-order valence-corrected chi connectivity index (χ4v) is 8.35. The lowest BCUT2D eigenvalue weighted by molar-refractivity contribution is -0.141. The molecule has 0 aromatic carbocycles. The van der Waals surface area contributed by atoms with Crippen molar-refractivity contribution in [1.29, 1.82) is 0 Å². The molecule has 1 aromatic heterocycles. The van der Waals surface area contributed by atoms with E-state index in [1.165, 1.54) is 0 Å². The number of nitrogens with zero attached hydrogens (tertiary/aromatic N) is 2. The fourth-order valence-electron chi connectivity index (χ4n) is 8.03. The molecule has 2 heterocycles. The van der Waals surface area contributed by atoms with Crippen LogP contribution < -0.4 is 10.2 Å². The summed E-state index contributed by atoms with van der Waals surface area (Å²) in [5.74, 6) is 1.06. The van der Waals surface area contributed by atoms with E-state index in [1.807, 2.05) is 11.0 Å². The van der Waals surface area contributed by atoms with Crippen molar-refractivity contribution < 1.29 is 19.8 Å². The zero-order valence-electron chi connectivity index (χ0n) is 19.6. The van der Waals surface area contributed by atoms with E-state index in [2.05, 4.69) is 5.32 Å². The summed E-state index contributed by atoms with van der Waals surface area (Å²) >= 11 is 4.70. The number of aliphatic carboxylic acids is 1. The van der Waals surface area contributed by atoms with Gasteiger partial charge in [0.25, 0.3) is 5.91 Å². The molecule has 1 saturated heterocycles. The summed E-state index contributed by atoms with van der Waals surface area (Å²) in [6, 6.07) is 1.99. The van der Waals surface area contributed by atoms with Crippen LogP contribution in [0.25, 0.3) is 0 Å². The van der Waals surface area contributed by atoms with Gasteiger partial charge in [0.1, 0.15) is 5.82 Å². The highest BCUT2D eigenvalue weighted by atomic mass is 32.1. The van der Waals surface area contributed by atoms with E-state index < -0.39 is 11.6 Å². The van der Waals surface area contributed by atoms with E-state index in [1.54, 1.807) is 0 Å². The highest BCUT2D eigenvalue weighted by Gasteiger charge is 2.55. The molecule has 7 rings (SSSR count). The average molecular weight is 486 g/mol. The van der Waals surface area contributed by atoms with Gasteiger partial charge in [-0.1, -0.05) is 12.8 Å². The molecule has 4 bridgehead atoms. The van der Waals surface area contributed by atoms with Gasteiger partial charge in [-0.15, -0.1) is 12.6 Å². The second-order valence-electron chi connectivity index (χ2n) is 11.7. The van der Waals surface area contributed by atoms with Crippen LogP contribution >= 0.6 is 12.6 Å². The van der Waals surface area contributed by atoms with E-state index in [0.717, 1.165) is 63.5 Å². The summed E-state index contributed by atoms with van der Waals surface area (Å²) < 4.78 is 0. The number of hydrogen-bond donors (Lipinski definition) is 4. The van der Waals surface area contributed by atoms with Crippen LogP contribution in [0.2, 0.25) is 0 Å². The molecule has 5 aliphatic carbocycles. The SMILES string of the molecule is O=C(NC1C2CC3CC1CC(O)(C3)C2)c1cc(S)c(N2CC[C@@H](C(=O)O)C2)nc1C1CCCC1. The number of aromatic nitrogens is 1. The van der Waals surface area contributed by atoms with Gasteiger partial charge in [0.15, 0.2) is 0 Å². The zero-order valence-corrected chi connectivity index (χ0v) is 20.5. The molecule has 7 nitrogen and oxygen atoms in total. The van der Waals surface area contributed by atoms with Crippen LogP contribution in [0.15, 0.2) is 11.0 Å². The number of carboxylic acids is 1. The first-order chi connectivity index (χ1) is 16.3. The molecule has 1 aliphatic heterocycles. The minimum absolute atomic E-state index is 0.0643. The number of carboxylic acid groups (broad SMARTS) is 1. The minimum Gasteiger partial charge on any atom is -0.481 e. The van der Waals surface area contributed by atoms with Crippen molar-refractivity contribution in [3.8, 4) is 0 Å². The molecule has 5 saturated carbocycles. The number of rotatable bonds is 5. The highest BCUT2D eigenvalue weighted by molar-refractivity contribution is 7.80. The summed E-state index contributed by atoms with van der Waals surface area (Å²) in [5, 5.41) is 23.7. The van der Waals surface area contributed by atoms with Crippen LogP contribution in [0.4, 0.5) is 5.82 Å². The standard InChI is InChI=1S/C26H35N3O4S/c30-24(28-21-17-7-14-8-18(21)12-26(33,10-14)11-17)19-9-20(34)23(27-22(19)15-3-1-2-4-15)29-6-5-16(13-29)25(31)32/h9,14-18,21,33-34H,1-8,10-13H2,(H,28,30)(H,31,32)/t14?,16-,17?,18?,21?,26?/m1/s1. The third kappa shape index (κ3) is 3.91. The zero-order chi connectivity index (χ0) is 23.6. The Bertz CT molecular complexity index is 994. The second-order valence-corrected chi connectivity index (χ2v) is 12.2. The smallest absolute Gasteiger partial charge is 0.308 e. The van der Waals surface area contributed by atoms with Crippen molar-refractivity contribution in [3.05, 3.63) is 17.3 Å². The van der Waals surface area contributed by atoms with Crippen LogP contribution in [0.5, 0.6) is 0 Å². The van der Waals surface area contributed by atoms with Gasteiger partial charge in [-0.3, -0.25) is 9.59 Å².